The third-order valence-corrected chi connectivity index (χ3v) is 3.38. The number of amides is 1. The van der Waals surface area contributed by atoms with Crippen LogP contribution >= 0.6 is 0 Å². The minimum atomic E-state index is -0.591. The number of nitriles is 1. The lowest BCUT2D eigenvalue weighted by molar-refractivity contribution is 0.00628. The van der Waals surface area contributed by atoms with Crippen molar-refractivity contribution in [2.45, 2.75) is 58.7 Å². The van der Waals surface area contributed by atoms with Crippen LogP contribution in [0, 0.1) is 11.3 Å². The third-order valence-electron chi connectivity index (χ3n) is 3.38. The molecule has 1 N–H and O–H groups in total. The van der Waals surface area contributed by atoms with Gasteiger partial charge in [0, 0.05) is 11.2 Å². The molecule has 0 bridgehead atoms. The summed E-state index contributed by atoms with van der Waals surface area (Å²) in [6.07, 6.45) is -0.434. The average Bonchev–Trinajstić information content (AvgIpc) is 2.48. The highest BCUT2D eigenvalue weighted by atomic mass is 16.6. The highest BCUT2D eigenvalue weighted by molar-refractivity contribution is 5.69. The fourth-order valence-corrected chi connectivity index (χ4v) is 2.13. The van der Waals surface area contributed by atoms with Crippen molar-refractivity contribution in [2.24, 2.45) is 0 Å². The zero-order chi connectivity index (χ0) is 19.3. The average molecular weight is 347 g/mol. The molecule has 0 aliphatic rings. The lowest BCUT2D eigenvalue weighted by Gasteiger charge is -2.38. The van der Waals surface area contributed by atoms with E-state index < -0.39 is 23.3 Å². The second-order valence-corrected chi connectivity index (χ2v) is 7.82. The van der Waals surface area contributed by atoms with Gasteiger partial charge in [0.1, 0.15) is 17.4 Å². The SMILES string of the molecule is COc1ccc(NC(C#N)CN(C(=O)OC(C)(C)C)C(C)(C)C)cc1. The molecule has 1 rings (SSSR count). The molecule has 138 valence electrons. The number of rotatable bonds is 5. The van der Waals surface area contributed by atoms with Crippen molar-refractivity contribution in [1.82, 2.24) is 4.90 Å². The van der Waals surface area contributed by atoms with Gasteiger partial charge in [-0.25, -0.2) is 4.79 Å². The maximum atomic E-state index is 12.5. The number of ether oxygens (including phenoxy) is 2. The lowest BCUT2D eigenvalue weighted by Crippen LogP contribution is -2.51. The fourth-order valence-electron chi connectivity index (χ4n) is 2.13. The minimum absolute atomic E-state index is 0.209. The smallest absolute Gasteiger partial charge is 0.410 e. The Morgan fingerprint density at radius 3 is 2.16 bits per heavy atom. The summed E-state index contributed by atoms with van der Waals surface area (Å²) in [5, 5.41) is 12.6. The quantitative estimate of drug-likeness (QED) is 0.870. The molecule has 0 saturated heterocycles. The molecule has 1 aromatic rings. The van der Waals surface area contributed by atoms with Crippen LogP contribution in [0.5, 0.6) is 5.75 Å². The predicted molar refractivity (Wildman–Crippen MR) is 98.7 cm³/mol. The third kappa shape index (κ3) is 6.92. The first-order chi connectivity index (χ1) is 11.5. The van der Waals surface area contributed by atoms with Gasteiger partial charge in [-0.3, -0.25) is 0 Å². The summed E-state index contributed by atoms with van der Waals surface area (Å²) in [6.45, 7) is 11.4. The van der Waals surface area contributed by atoms with E-state index in [4.69, 9.17) is 9.47 Å². The van der Waals surface area contributed by atoms with Gasteiger partial charge in [-0.1, -0.05) is 0 Å². The van der Waals surface area contributed by atoms with Gasteiger partial charge in [0.25, 0.3) is 0 Å². The Hall–Kier alpha value is -2.42. The van der Waals surface area contributed by atoms with E-state index in [0.29, 0.717) is 0 Å². The molecule has 1 amide bonds. The van der Waals surface area contributed by atoms with Crippen LogP contribution in [0.3, 0.4) is 0 Å². The van der Waals surface area contributed by atoms with E-state index in [9.17, 15) is 10.1 Å². The van der Waals surface area contributed by atoms with Crippen LogP contribution in [0.25, 0.3) is 0 Å². The van der Waals surface area contributed by atoms with Crippen LogP contribution < -0.4 is 10.1 Å². The Morgan fingerprint density at radius 1 is 1.20 bits per heavy atom. The molecule has 6 nitrogen and oxygen atoms in total. The first-order valence-corrected chi connectivity index (χ1v) is 8.27. The van der Waals surface area contributed by atoms with E-state index in [-0.39, 0.29) is 6.54 Å². The molecule has 0 heterocycles. The van der Waals surface area contributed by atoms with Crippen molar-refractivity contribution in [3.63, 3.8) is 0 Å². The monoisotopic (exact) mass is 347 g/mol. The topological polar surface area (TPSA) is 74.6 Å². The number of anilines is 1. The Balaban J connectivity index is 2.88. The van der Waals surface area contributed by atoms with Crippen molar-refractivity contribution < 1.29 is 14.3 Å². The van der Waals surface area contributed by atoms with E-state index in [1.165, 1.54) is 0 Å². The number of carbonyl (C=O) groups is 1. The molecule has 0 aliphatic heterocycles. The van der Waals surface area contributed by atoms with Crippen LogP contribution in [0.15, 0.2) is 24.3 Å². The summed E-state index contributed by atoms with van der Waals surface area (Å²) < 4.78 is 10.6. The largest absolute Gasteiger partial charge is 0.497 e. The second kappa shape index (κ2) is 8.11. The Bertz CT molecular complexity index is 607. The van der Waals surface area contributed by atoms with Gasteiger partial charge in [-0.2, -0.15) is 5.26 Å². The normalized spacial score (nSPS) is 12.7. The van der Waals surface area contributed by atoms with Gasteiger partial charge in [-0.05, 0) is 65.8 Å². The van der Waals surface area contributed by atoms with Gasteiger partial charge >= 0.3 is 6.09 Å². The molecule has 0 saturated carbocycles. The molecule has 0 aliphatic carbocycles. The van der Waals surface area contributed by atoms with Crippen LogP contribution in [0.1, 0.15) is 41.5 Å². The molecular weight excluding hydrogens is 318 g/mol. The number of nitrogens with one attached hydrogen (secondary N) is 1. The summed E-state index contributed by atoms with van der Waals surface area (Å²) in [6, 6.07) is 8.92. The summed E-state index contributed by atoms with van der Waals surface area (Å²) in [5.74, 6) is 0.740. The zero-order valence-electron chi connectivity index (χ0n) is 16.2. The van der Waals surface area contributed by atoms with Crippen molar-refractivity contribution >= 4 is 11.8 Å². The molecule has 0 spiro atoms. The second-order valence-electron chi connectivity index (χ2n) is 7.82. The van der Waals surface area contributed by atoms with Gasteiger partial charge in [-0.15, -0.1) is 0 Å². The standard InChI is InChI=1S/C19H29N3O3/c1-18(2,3)22(17(23)25-19(4,5)6)13-15(12-20)21-14-8-10-16(24-7)11-9-14/h8-11,15,21H,13H2,1-7H3. The molecule has 0 aromatic heterocycles. The van der Waals surface area contributed by atoms with Crippen molar-refractivity contribution in [1.29, 1.82) is 5.26 Å². The first kappa shape index (κ1) is 20.6. The van der Waals surface area contributed by atoms with Gasteiger partial charge in [0.05, 0.1) is 19.7 Å². The Labute approximate surface area is 150 Å². The van der Waals surface area contributed by atoms with Crippen molar-refractivity contribution in [3.8, 4) is 11.8 Å². The maximum absolute atomic E-state index is 12.5. The van der Waals surface area contributed by atoms with Crippen molar-refractivity contribution in [3.05, 3.63) is 24.3 Å². The lowest BCUT2D eigenvalue weighted by atomic mass is 10.1. The number of hydrogen-bond donors (Lipinski definition) is 1. The van der Waals surface area contributed by atoms with Crippen LogP contribution in [0.4, 0.5) is 10.5 Å². The van der Waals surface area contributed by atoms with E-state index in [0.717, 1.165) is 11.4 Å². The highest BCUT2D eigenvalue weighted by Crippen LogP contribution is 2.21. The summed E-state index contributed by atoms with van der Waals surface area (Å²) >= 11 is 0. The summed E-state index contributed by atoms with van der Waals surface area (Å²) in [7, 11) is 1.60. The highest BCUT2D eigenvalue weighted by Gasteiger charge is 2.32. The molecule has 0 radical (unpaired) electrons. The first-order valence-electron chi connectivity index (χ1n) is 8.27. The van der Waals surface area contributed by atoms with Gasteiger partial charge in [0.15, 0.2) is 0 Å². The number of hydrogen-bond acceptors (Lipinski definition) is 5. The molecule has 1 unspecified atom stereocenters. The Kier molecular flexibility index (Phi) is 6.69. The predicted octanol–water partition coefficient (Wildman–Crippen LogP) is 4.03. The van der Waals surface area contributed by atoms with Gasteiger partial charge in [0.2, 0.25) is 0 Å². The van der Waals surface area contributed by atoms with Crippen LogP contribution in [-0.2, 0) is 4.74 Å². The van der Waals surface area contributed by atoms with E-state index in [1.807, 2.05) is 65.8 Å². The summed E-state index contributed by atoms with van der Waals surface area (Å²) in [5.41, 5.74) is -0.282. The van der Waals surface area contributed by atoms with E-state index in [1.54, 1.807) is 12.0 Å². The zero-order valence-corrected chi connectivity index (χ0v) is 16.2. The van der Waals surface area contributed by atoms with Crippen LogP contribution in [-0.4, -0.2) is 41.8 Å². The molecule has 0 fully saturated rings. The van der Waals surface area contributed by atoms with Gasteiger partial charge < -0.3 is 19.7 Å². The molecule has 1 aromatic carbocycles. The number of benzene rings is 1. The molecule has 6 heteroatoms. The minimum Gasteiger partial charge on any atom is -0.497 e. The maximum Gasteiger partial charge on any atom is 0.410 e. The summed E-state index contributed by atoms with van der Waals surface area (Å²) in [4.78, 5) is 14.1. The van der Waals surface area contributed by atoms with E-state index in [2.05, 4.69) is 11.4 Å². The molecule has 25 heavy (non-hydrogen) atoms. The Morgan fingerprint density at radius 2 is 1.76 bits per heavy atom. The van der Waals surface area contributed by atoms with Crippen molar-refractivity contribution in [2.75, 3.05) is 19.0 Å². The number of methoxy groups -OCH3 is 1. The van der Waals surface area contributed by atoms with Crippen LogP contribution in [0.2, 0.25) is 0 Å². The molecule has 1 atom stereocenters. The van der Waals surface area contributed by atoms with E-state index >= 15 is 0 Å². The fraction of sp³-hybridized carbons (Fsp3) is 0.579. The number of carbonyl (C=O) groups excluding carboxylic acids is 1. The number of nitrogens with zero attached hydrogens (tertiary/aromatic N) is 2. The molecular formula is C19H29N3O3.